The quantitative estimate of drug-likeness (QED) is 0.858. The van der Waals surface area contributed by atoms with Crippen molar-refractivity contribution in [2.24, 2.45) is 5.92 Å². The molecule has 1 saturated carbocycles. The van der Waals surface area contributed by atoms with Gasteiger partial charge in [0.25, 0.3) is 0 Å². The van der Waals surface area contributed by atoms with Crippen LogP contribution in [0.25, 0.3) is 0 Å². The topological polar surface area (TPSA) is 59.0 Å². The van der Waals surface area contributed by atoms with Crippen LogP contribution in [0.15, 0.2) is 24.3 Å². The summed E-state index contributed by atoms with van der Waals surface area (Å²) >= 11 is 0. The number of aliphatic hydroxyl groups is 1. The Balaban J connectivity index is 1.57. The second-order valence-electron chi connectivity index (χ2n) is 6.97. The molecule has 1 aromatic rings. The van der Waals surface area contributed by atoms with Crippen molar-refractivity contribution in [2.45, 2.75) is 51.2 Å². The average molecular weight is 347 g/mol. The number of rotatable bonds is 6. The summed E-state index contributed by atoms with van der Waals surface area (Å²) in [5, 5.41) is 10.2. The average Bonchev–Trinajstić information content (AvgIpc) is 3.07. The Morgan fingerprint density at radius 2 is 2.12 bits per heavy atom. The molecule has 1 N–H and O–H groups in total. The van der Waals surface area contributed by atoms with E-state index in [1.54, 1.807) is 0 Å². The molecule has 5 heteroatoms. The number of nitrogens with zero attached hydrogens (tertiary/aromatic N) is 1. The maximum absolute atomic E-state index is 12.8. The van der Waals surface area contributed by atoms with E-state index < -0.39 is 0 Å². The van der Waals surface area contributed by atoms with Gasteiger partial charge < -0.3 is 19.5 Å². The van der Waals surface area contributed by atoms with Gasteiger partial charge in [0.1, 0.15) is 5.75 Å². The Morgan fingerprint density at radius 3 is 2.80 bits per heavy atom. The number of benzene rings is 1. The van der Waals surface area contributed by atoms with Gasteiger partial charge in [0, 0.05) is 18.9 Å². The van der Waals surface area contributed by atoms with Crippen molar-refractivity contribution in [1.29, 1.82) is 0 Å². The predicted octanol–water partition coefficient (Wildman–Crippen LogP) is 2.41. The fraction of sp³-hybridized carbons (Fsp3) is 0.650. The number of aryl methyl sites for hydroxylation is 1. The minimum atomic E-state index is -0.298. The molecule has 0 bridgehead atoms. The molecule has 1 aliphatic heterocycles. The molecular weight excluding hydrogens is 318 g/mol. The molecule has 1 saturated heterocycles. The first-order valence-electron chi connectivity index (χ1n) is 9.46. The second-order valence-corrected chi connectivity index (χ2v) is 6.97. The maximum atomic E-state index is 12.8. The van der Waals surface area contributed by atoms with Crippen LogP contribution in [0, 0.1) is 5.92 Å². The van der Waals surface area contributed by atoms with E-state index in [1.165, 1.54) is 0 Å². The highest BCUT2D eigenvalue weighted by Gasteiger charge is 2.39. The van der Waals surface area contributed by atoms with Crippen LogP contribution in [-0.2, 0) is 16.0 Å². The van der Waals surface area contributed by atoms with E-state index in [0.29, 0.717) is 32.8 Å². The lowest BCUT2D eigenvalue weighted by molar-refractivity contribution is -0.143. The number of carbonyl (C=O) groups excluding carboxylic acids is 1. The molecule has 25 heavy (non-hydrogen) atoms. The van der Waals surface area contributed by atoms with Gasteiger partial charge in [-0.15, -0.1) is 0 Å². The Morgan fingerprint density at radius 1 is 1.32 bits per heavy atom. The Labute approximate surface area is 149 Å². The van der Waals surface area contributed by atoms with E-state index >= 15 is 0 Å². The molecule has 0 aromatic heterocycles. The minimum absolute atomic E-state index is 0.0269. The highest BCUT2D eigenvalue weighted by atomic mass is 16.5. The van der Waals surface area contributed by atoms with E-state index in [9.17, 15) is 9.90 Å². The number of hydrogen-bond donors (Lipinski definition) is 1. The highest BCUT2D eigenvalue weighted by Crippen LogP contribution is 2.32. The smallest absolute Gasteiger partial charge is 0.223 e. The molecule has 1 heterocycles. The van der Waals surface area contributed by atoms with Crippen molar-refractivity contribution >= 4 is 5.91 Å². The largest absolute Gasteiger partial charge is 0.494 e. The second kappa shape index (κ2) is 8.68. The normalized spacial score (nSPS) is 26.6. The summed E-state index contributed by atoms with van der Waals surface area (Å²) in [5.74, 6) is 1.19. The number of carbonyl (C=O) groups is 1. The molecule has 2 fully saturated rings. The fourth-order valence-electron chi connectivity index (χ4n) is 4.02. The van der Waals surface area contributed by atoms with E-state index in [2.05, 4.69) is 0 Å². The van der Waals surface area contributed by atoms with Crippen LogP contribution >= 0.6 is 0 Å². The van der Waals surface area contributed by atoms with Gasteiger partial charge in [0.15, 0.2) is 0 Å². The Bertz CT molecular complexity index is 559. The summed E-state index contributed by atoms with van der Waals surface area (Å²) in [6, 6.07) is 7.98. The van der Waals surface area contributed by atoms with E-state index in [0.717, 1.165) is 37.0 Å². The molecule has 1 aromatic carbocycles. The number of amides is 1. The maximum Gasteiger partial charge on any atom is 0.223 e. The fourth-order valence-corrected chi connectivity index (χ4v) is 4.02. The molecule has 0 unspecified atom stereocenters. The van der Waals surface area contributed by atoms with Gasteiger partial charge in [-0.1, -0.05) is 18.6 Å². The standard InChI is InChI=1S/C20H29NO4/c1-2-25-16-9-6-15(7-10-16)8-11-20(23)21-12-13-24-14-18(21)17-4-3-5-19(17)22/h6-7,9-10,17-19,22H,2-5,8,11-14H2,1H3/t17-,18+,19-/m0/s1. The van der Waals surface area contributed by atoms with Gasteiger partial charge in [-0.3, -0.25) is 4.79 Å². The first-order chi connectivity index (χ1) is 12.2. The van der Waals surface area contributed by atoms with Gasteiger partial charge in [0.2, 0.25) is 5.91 Å². The summed E-state index contributed by atoms with van der Waals surface area (Å²) in [7, 11) is 0. The van der Waals surface area contributed by atoms with Crippen molar-refractivity contribution < 1.29 is 19.4 Å². The van der Waals surface area contributed by atoms with Gasteiger partial charge in [-0.2, -0.15) is 0 Å². The van der Waals surface area contributed by atoms with Gasteiger partial charge >= 0.3 is 0 Å². The van der Waals surface area contributed by atoms with Gasteiger partial charge in [-0.25, -0.2) is 0 Å². The molecule has 2 aliphatic rings. The summed E-state index contributed by atoms with van der Waals surface area (Å²) in [5.41, 5.74) is 1.14. The van der Waals surface area contributed by atoms with Crippen molar-refractivity contribution in [3.63, 3.8) is 0 Å². The zero-order valence-corrected chi connectivity index (χ0v) is 15.0. The van der Waals surface area contributed by atoms with Crippen LogP contribution in [0.5, 0.6) is 5.75 Å². The Kier molecular flexibility index (Phi) is 6.32. The van der Waals surface area contributed by atoms with Crippen molar-refractivity contribution in [3.8, 4) is 5.75 Å². The van der Waals surface area contributed by atoms with Crippen LogP contribution in [0.2, 0.25) is 0 Å². The molecule has 3 atom stereocenters. The SMILES string of the molecule is CCOc1ccc(CCC(=O)N2CCOC[C@@H]2[C@@H]2CCC[C@@H]2O)cc1. The lowest BCUT2D eigenvalue weighted by Gasteiger charge is -2.40. The van der Waals surface area contributed by atoms with Crippen LogP contribution in [0.3, 0.4) is 0 Å². The van der Waals surface area contributed by atoms with Crippen molar-refractivity contribution in [1.82, 2.24) is 4.90 Å². The number of aliphatic hydroxyl groups excluding tert-OH is 1. The number of morpholine rings is 1. The minimum Gasteiger partial charge on any atom is -0.494 e. The van der Waals surface area contributed by atoms with Gasteiger partial charge in [0.05, 0.1) is 32.0 Å². The number of hydrogen-bond acceptors (Lipinski definition) is 4. The summed E-state index contributed by atoms with van der Waals surface area (Å²) in [6.07, 6.45) is 3.78. The molecule has 5 nitrogen and oxygen atoms in total. The highest BCUT2D eigenvalue weighted by molar-refractivity contribution is 5.77. The third kappa shape index (κ3) is 4.53. The lowest BCUT2D eigenvalue weighted by Crippen LogP contribution is -2.53. The first-order valence-corrected chi connectivity index (χ1v) is 9.46. The Hall–Kier alpha value is -1.59. The molecule has 138 valence electrons. The summed E-state index contributed by atoms with van der Waals surface area (Å²) in [6.45, 7) is 4.40. The lowest BCUT2D eigenvalue weighted by atomic mass is 9.93. The van der Waals surface area contributed by atoms with Crippen LogP contribution in [-0.4, -0.2) is 54.4 Å². The van der Waals surface area contributed by atoms with Crippen LogP contribution in [0.4, 0.5) is 0 Å². The molecule has 1 amide bonds. The summed E-state index contributed by atoms with van der Waals surface area (Å²) in [4.78, 5) is 14.7. The van der Waals surface area contributed by atoms with E-state index in [4.69, 9.17) is 9.47 Å². The molecule has 0 radical (unpaired) electrons. The molecule has 3 rings (SSSR count). The number of ether oxygens (including phenoxy) is 2. The van der Waals surface area contributed by atoms with E-state index in [1.807, 2.05) is 36.1 Å². The van der Waals surface area contributed by atoms with Gasteiger partial charge in [-0.05, 0) is 43.9 Å². The molecule has 0 spiro atoms. The zero-order chi connectivity index (χ0) is 17.6. The third-order valence-corrected chi connectivity index (χ3v) is 5.37. The molecular formula is C20H29NO4. The third-order valence-electron chi connectivity index (χ3n) is 5.37. The predicted molar refractivity (Wildman–Crippen MR) is 95.6 cm³/mol. The van der Waals surface area contributed by atoms with Crippen LogP contribution < -0.4 is 4.74 Å². The van der Waals surface area contributed by atoms with Crippen molar-refractivity contribution in [2.75, 3.05) is 26.4 Å². The zero-order valence-electron chi connectivity index (χ0n) is 15.0. The van der Waals surface area contributed by atoms with E-state index in [-0.39, 0.29) is 24.0 Å². The molecule has 1 aliphatic carbocycles. The first kappa shape index (κ1) is 18.2. The summed E-state index contributed by atoms with van der Waals surface area (Å²) < 4.78 is 11.1. The monoisotopic (exact) mass is 347 g/mol. The van der Waals surface area contributed by atoms with Crippen LogP contribution in [0.1, 0.15) is 38.2 Å². The van der Waals surface area contributed by atoms with Crippen molar-refractivity contribution in [3.05, 3.63) is 29.8 Å².